The summed E-state index contributed by atoms with van der Waals surface area (Å²) in [5.74, 6) is 1.93. The first-order chi connectivity index (χ1) is 15.6. The molecule has 2 aliphatic carbocycles. The van der Waals surface area contributed by atoms with Crippen LogP contribution in [0.2, 0.25) is 0 Å². The number of nitrogens with zero attached hydrogens (tertiary/aromatic N) is 5. The van der Waals surface area contributed by atoms with Crippen LogP contribution in [0.15, 0.2) is 5.16 Å². The van der Waals surface area contributed by atoms with Crippen LogP contribution in [0.4, 0.5) is 10.9 Å². The number of anilines is 2. The zero-order chi connectivity index (χ0) is 22.1. The Bertz CT molecular complexity index is 1030. The van der Waals surface area contributed by atoms with Gasteiger partial charge in [0.15, 0.2) is 5.16 Å². The summed E-state index contributed by atoms with van der Waals surface area (Å²) in [5.41, 5.74) is 1.83. The van der Waals surface area contributed by atoms with E-state index in [0.29, 0.717) is 11.6 Å². The predicted molar refractivity (Wildman–Crippen MR) is 129 cm³/mol. The number of thioether (sulfide) groups is 1. The number of nitriles is 1. The maximum absolute atomic E-state index is 12.8. The van der Waals surface area contributed by atoms with Gasteiger partial charge in [0.1, 0.15) is 11.1 Å². The quantitative estimate of drug-likeness (QED) is 0.483. The van der Waals surface area contributed by atoms with E-state index in [1.165, 1.54) is 35.9 Å². The number of fused-ring (bicyclic) bond motifs is 1. The Hall–Kier alpha value is -2.05. The van der Waals surface area contributed by atoms with Crippen molar-refractivity contribution < 1.29 is 4.79 Å². The molecule has 0 bridgehead atoms. The topological polar surface area (TPSA) is 86.8 Å². The van der Waals surface area contributed by atoms with Crippen molar-refractivity contribution in [2.24, 2.45) is 5.92 Å². The summed E-state index contributed by atoms with van der Waals surface area (Å²) < 4.78 is 2.25. The summed E-state index contributed by atoms with van der Waals surface area (Å²) in [6, 6.07) is 2.80. The fourth-order valence-electron chi connectivity index (χ4n) is 4.69. The number of rotatable bonds is 6. The van der Waals surface area contributed by atoms with Gasteiger partial charge >= 0.3 is 0 Å². The lowest BCUT2D eigenvalue weighted by atomic mass is 10.00. The van der Waals surface area contributed by atoms with Gasteiger partial charge in [-0.1, -0.05) is 25.1 Å². The molecule has 5 rings (SSSR count). The summed E-state index contributed by atoms with van der Waals surface area (Å²) in [6.45, 7) is 4.36. The molecule has 7 nitrogen and oxygen atoms in total. The number of thiophene rings is 1. The number of hydrogen-bond acceptors (Lipinski definition) is 7. The highest BCUT2D eigenvalue weighted by atomic mass is 32.2. The molecule has 170 valence electrons. The third kappa shape index (κ3) is 4.53. The van der Waals surface area contributed by atoms with Crippen LogP contribution in [0, 0.1) is 17.2 Å². The number of aromatic nitrogens is 3. The van der Waals surface area contributed by atoms with Gasteiger partial charge in [0.25, 0.3) is 0 Å². The number of hydrogen-bond donors (Lipinski definition) is 1. The second-order valence-corrected chi connectivity index (χ2v) is 11.3. The van der Waals surface area contributed by atoms with Crippen LogP contribution in [0.3, 0.4) is 0 Å². The van der Waals surface area contributed by atoms with Gasteiger partial charge < -0.3 is 10.2 Å². The van der Waals surface area contributed by atoms with Crippen LogP contribution in [-0.2, 0) is 17.6 Å². The van der Waals surface area contributed by atoms with E-state index in [0.717, 1.165) is 79.2 Å². The lowest BCUT2D eigenvalue weighted by molar-refractivity contribution is -0.113. The Labute approximate surface area is 197 Å². The molecule has 3 heterocycles. The third-order valence-corrected chi connectivity index (χ3v) is 8.89. The van der Waals surface area contributed by atoms with E-state index < -0.39 is 0 Å². The largest absolute Gasteiger partial charge is 0.341 e. The molecule has 2 fully saturated rings. The highest BCUT2D eigenvalue weighted by molar-refractivity contribution is 7.99. The van der Waals surface area contributed by atoms with Crippen LogP contribution in [0.1, 0.15) is 73.9 Å². The van der Waals surface area contributed by atoms with E-state index in [9.17, 15) is 10.1 Å². The number of piperidine rings is 1. The van der Waals surface area contributed by atoms with E-state index in [4.69, 9.17) is 0 Å². The molecule has 2 aromatic heterocycles. The van der Waals surface area contributed by atoms with Gasteiger partial charge in [0.05, 0.1) is 11.3 Å². The van der Waals surface area contributed by atoms with Crippen LogP contribution >= 0.6 is 23.1 Å². The summed E-state index contributed by atoms with van der Waals surface area (Å²) in [5, 5.41) is 23.2. The van der Waals surface area contributed by atoms with Gasteiger partial charge in [-0.05, 0) is 62.8 Å². The number of aryl methyl sites for hydroxylation is 1. The van der Waals surface area contributed by atoms with E-state index in [1.807, 2.05) is 0 Å². The van der Waals surface area contributed by atoms with Crippen molar-refractivity contribution >= 4 is 40.0 Å². The lowest BCUT2D eigenvalue weighted by Gasteiger charge is -2.31. The number of carbonyl (C=O) groups excluding carboxylic acids is 1. The standard InChI is InChI=1S/C23H30N6OS2/c1-15-9-11-28(12-10-15)22-26-27-23(29(22)16-7-8-16)31-14-20(30)25-21-18(13-24)17-5-3-2-4-6-19(17)32-21/h15-16H,2-12,14H2,1H3,(H,25,30). The Morgan fingerprint density at radius 3 is 2.72 bits per heavy atom. The molecule has 2 aromatic rings. The van der Waals surface area contributed by atoms with E-state index in [1.54, 1.807) is 11.3 Å². The molecule has 1 saturated carbocycles. The molecule has 1 aliphatic heterocycles. The van der Waals surface area contributed by atoms with E-state index in [-0.39, 0.29) is 11.7 Å². The number of amides is 1. The molecule has 0 unspecified atom stereocenters. The Morgan fingerprint density at radius 2 is 1.97 bits per heavy atom. The Kier molecular flexibility index (Phi) is 6.42. The molecule has 0 aromatic carbocycles. The van der Waals surface area contributed by atoms with Gasteiger partial charge in [-0.25, -0.2) is 0 Å². The first-order valence-electron chi connectivity index (χ1n) is 11.8. The van der Waals surface area contributed by atoms with Gasteiger partial charge in [0, 0.05) is 24.0 Å². The molecule has 0 atom stereocenters. The Morgan fingerprint density at radius 1 is 1.19 bits per heavy atom. The third-order valence-electron chi connectivity index (χ3n) is 6.74. The Balaban J connectivity index is 1.26. The number of carbonyl (C=O) groups is 1. The molecular formula is C23H30N6OS2. The van der Waals surface area contributed by atoms with Crippen LogP contribution < -0.4 is 10.2 Å². The fourth-order valence-corrected chi connectivity index (χ4v) is 6.74. The first-order valence-corrected chi connectivity index (χ1v) is 13.6. The maximum atomic E-state index is 12.8. The van der Waals surface area contributed by atoms with Crippen molar-refractivity contribution in [1.82, 2.24) is 14.8 Å². The van der Waals surface area contributed by atoms with Crippen molar-refractivity contribution in [3.63, 3.8) is 0 Å². The molecule has 0 radical (unpaired) electrons. The minimum atomic E-state index is -0.0818. The maximum Gasteiger partial charge on any atom is 0.235 e. The highest BCUT2D eigenvalue weighted by Gasteiger charge is 2.33. The second kappa shape index (κ2) is 9.44. The summed E-state index contributed by atoms with van der Waals surface area (Å²) in [7, 11) is 0. The van der Waals surface area contributed by atoms with Gasteiger partial charge in [-0.2, -0.15) is 5.26 Å². The fraction of sp³-hybridized carbons (Fsp3) is 0.652. The zero-order valence-corrected chi connectivity index (χ0v) is 20.2. The van der Waals surface area contributed by atoms with Crippen molar-refractivity contribution in [1.29, 1.82) is 5.26 Å². The molecule has 1 N–H and O–H groups in total. The summed E-state index contributed by atoms with van der Waals surface area (Å²) in [4.78, 5) is 16.4. The normalized spacial score (nSPS) is 19.3. The predicted octanol–water partition coefficient (Wildman–Crippen LogP) is 4.78. The SMILES string of the molecule is CC1CCN(c2nnc(SCC(=O)Nc3sc4c(c3C#N)CCCCC4)n2C2CC2)CC1. The van der Waals surface area contributed by atoms with Crippen LogP contribution in [0.25, 0.3) is 0 Å². The monoisotopic (exact) mass is 470 g/mol. The molecule has 1 amide bonds. The van der Waals surface area contributed by atoms with Gasteiger partial charge in [0.2, 0.25) is 11.9 Å². The lowest BCUT2D eigenvalue weighted by Crippen LogP contribution is -2.34. The average Bonchev–Trinajstić information content (AvgIpc) is 3.52. The average molecular weight is 471 g/mol. The van der Waals surface area contributed by atoms with E-state index in [2.05, 4.69) is 38.0 Å². The van der Waals surface area contributed by atoms with E-state index >= 15 is 0 Å². The smallest absolute Gasteiger partial charge is 0.235 e. The van der Waals surface area contributed by atoms with Crippen LogP contribution in [0.5, 0.6) is 0 Å². The van der Waals surface area contributed by atoms with Gasteiger partial charge in [-0.15, -0.1) is 21.5 Å². The molecule has 0 spiro atoms. The molecule has 32 heavy (non-hydrogen) atoms. The van der Waals surface area contributed by atoms with Gasteiger partial charge in [-0.3, -0.25) is 9.36 Å². The van der Waals surface area contributed by atoms with Crippen molar-refractivity contribution in [2.75, 3.05) is 29.1 Å². The van der Waals surface area contributed by atoms with Crippen molar-refractivity contribution in [3.8, 4) is 6.07 Å². The first kappa shape index (κ1) is 21.8. The summed E-state index contributed by atoms with van der Waals surface area (Å²) in [6.07, 6.45) is 10.1. The molecule has 9 heteroatoms. The molecule has 3 aliphatic rings. The van der Waals surface area contributed by atoms with Crippen molar-refractivity contribution in [3.05, 3.63) is 16.0 Å². The van der Waals surface area contributed by atoms with Crippen LogP contribution in [-0.4, -0.2) is 39.5 Å². The number of nitrogens with one attached hydrogen (secondary N) is 1. The minimum Gasteiger partial charge on any atom is -0.341 e. The van der Waals surface area contributed by atoms with Crippen molar-refractivity contribution in [2.45, 2.75) is 75.9 Å². The molecular weight excluding hydrogens is 440 g/mol. The highest BCUT2D eigenvalue weighted by Crippen LogP contribution is 2.42. The molecule has 1 saturated heterocycles. The zero-order valence-electron chi connectivity index (χ0n) is 18.6. The summed E-state index contributed by atoms with van der Waals surface area (Å²) >= 11 is 3.04. The minimum absolute atomic E-state index is 0.0818. The second-order valence-electron chi connectivity index (χ2n) is 9.27.